The number of hydrogen-bond acceptors (Lipinski definition) is 9. The number of nitrogens with zero attached hydrogens (tertiary/aromatic N) is 2. The van der Waals surface area contributed by atoms with Crippen LogP contribution in [-0.2, 0) is 9.53 Å². The largest absolute Gasteiger partial charge is 0.486 e. The molecule has 37 heavy (non-hydrogen) atoms. The van der Waals surface area contributed by atoms with Crippen molar-refractivity contribution in [2.75, 3.05) is 25.6 Å². The zero-order valence-corrected chi connectivity index (χ0v) is 21.7. The van der Waals surface area contributed by atoms with Gasteiger partial charge in [-0.1, -0.05) is 48.2 Å². The van der Waals surface area contributed by atoms with Crippen LogP contribution in [0.25, 0.3) is 22.4 Å². The van der Waals surface area contributed by atoms with Crippen molar-refractivity contribution in [3.8, 4) is 33.9 Å². The number of rotatable bonds is 7. The lowest BCUT2D eigenvalue weighted by Crippen LogP contribution is -2.23. The van der Waals surface area contributed by atoms with Gasteiger partial charge >= 0.3 is 5.97 Å². The summed E-state index contributed by atoms with van der Waals surface area (Å²) in [5.41, 5.74) is 3.45. The van der Waals surface area contributed by atoms with Gasteiger partial charge in [-0.2, -0.15) is 0 Å². The SMILES string of the molecule is COC(=O)c1c(-c2ccc3c(c2)OCCO3)csc1NC(=O)C(C)Sc1cc(-c2ccccc2)ncn1. The van der Waals surface area contributed by atoms with Crippen LogP contribution in [0.5, 0.6) is 11.5 Å². The maximum absolute atomic E-state index is 13.1. The molecule has 0 spiro atoms. The lowest BCUT2D eigenvalue weighted by molar-refractivity contribution is -0.115. The molecule has 1 amide bonds. The molecule has 0 fully saturated rings. The number of anilines is 1. The van der Waals surface area contributed by atoms with E-state index in [1.54, 1.807) is 6.92 Å². The van der Waals surface area contributed by atoms with E-state index in [1.165, 1.54) is 36.5 Å². The molecule has 1 N–H and O–H groups in total. The van der Waals surface area contributed by atoms with E-state index >= 15 is 0 Å². The minimum atomic E-state index is -0.537. The summed E-state index contributed by atoms with van der Waals surface area (Å²) in [4.78, 5) is 34.5. The zero-order chi connectivity index (χ0) is 25.8. The van der Waals surface area contributed by atoms with Gasteiger partial charge in [0.05, 0.1) is 18.1 Å². The first-order valence-electron chi connectivity index (χ1n) is 11.5. The summed E-state index contributed by atoms with van der Waals surface area (Å²) in [6.45, 7) is 2.74. The second-order valence-electron chi connectivity index (χ2n) is 8.06. The Hall–Kier alpha value is -3.89. The molecule has 4 aromatic rings. The number of methoxy groups -OCH3 is 1. The van der Waals surface area contributed by atoms with Crippen molar-refractivity contribution in [1.82, 2.24) is 9.97 Å². The first kappa shape index (κ1) is 24.8. The van der Waals surface area contributed by atoms with Crippen LogP contribution in [0.3, 0.4) is 0 Å². The Bertz CT molecular complexity index is 1440. The van der Waals surface area contributed by atoms with Gasteiger partial charge in [0.25, 0.3) is 0 Å². The molecule has 0 bridgehead atoms. The van der Waals surface area contributed by atoms with Crippen LogP contribution in [0.2, 0.25) is 0 Å². The average Bonchev–Trinajstić information content (AvgIpc) is 3.36. The van der Waals surface area contributed by atoms with Crippen molar-refractivity contribution >= 4 is 40.0 Å². The van der Waals surface area contributed by atoms with Crippen LogP contribution in [0.15, 0.2) is 71.3 Å². The summed E-state index contributed by atoms with van der Waals surface area (Å²) in [5.74, 6) is 0.473. The van der Waals surface area contributed by atoms with Crippen molar-refractivity contribution in [1.29, 1.82) is 0 Å². The number of thiophene rings is 1. The summed E-state index contributed by atoms with van der Waals surface area (Å²) in [7, 11) is 1.32. The molecular weight excluding hydrogens is 510 g/mol. The van der Waals surface area contributed by atoms with Gasteiger partial charge in [-0.05, 0) is 30.7 Å². The number of fused-ring (bicyclic) bond motifs is 1. The number of aromatic nitrogens is 2. The molecule has 1 unspecified atom stereocenters. The van der Waals surface area contributed by atoms with E-state index < -0.39 is 11.2 Å². The van der Waals surface area contributed by atoms with Crippen LogP contribution in [0.1, 0.15) is 17.3 Å². The third kappa shape index (κ3) is 5.45. The maximum atomic E-state index is 13.1. The van der Waals surface area contributed by atoms with Crippen molar-refractivity contribution in [3.05, 3.63) is 71.9 Å². The molecule has 8 nitrogen and oxygen atoms in total. The Labute approximate surface area is 222 Å². The summed E-state index contributed by atoms with van der Waals surface area (Å²) in [6.07, 6.45) is 1.49. The molecule has 0 radical (unpaired) electrons. The Morgan fingerprint density at radius 3 is 2.59 bits per heavy atom. The third-order valence-electron chi connectivity index (χ3n) is 5.65. The van der Waals surface area contributed by atoms with Gasteiger partial charge < -0.3 is 19.5 Å². The van der Waals surface area contributed by atoms with Crippen molar-refractivity contribution < 1.29 is 23.8 Å². The standard InChI is InChI=1S/C27H23N3O5S2/c1-16(37-23-13-20(28-15-29-23)17-6-4-3-5-7-17)25(31)30-26-24(27(32)33-2)19(14-36-26)18-8-9-21-22(12-18)35-11-10-34-21/h3-9,12-16H,10-11H2,1-2H3,(H,30,31). The summed E-state index contributed by atoms with van der Waals surface area (Å²) in [6, 6.07) is 17.1. The van der Waals surface area contributed by atoms with E-state index in [0.717, 1.165) is 16.8 Å². The predicted molar refractivity (Wildman–Crippen MR) is 144 cm³/mol. The van der Waals surface area contributed by atoms with Gasteiger partial charge in [-0.3, -0.25) is 4.79 Å². The van der Waals surface area contributed by atoms with Gasteiger partial charge in [0, 0.05) is 16.5 Å². The lowest BCUT2D eigenvalue weighted by atomic mass is 10.0. The Balaban J connectivity index is 1.35. The number of carbonyl (C=O) groups is 2. The first-order chi connectivity index (χ1) is 18.0. The normalized spacial score (nSPS) is 13.0. The van der Waals surface area contributed by atoms with E-state index in [9.17, 15) is 9.59 Å². The molecule has 188 valence electrons. The van der Waals surface area contributed by atoms with Crippen molar-refractivity contribution in [2.24, 2.45) is 0 Å². The van der Waals surface area contributed by atoms with Crippen LogP contribution < -0.4 is 14.8 Å². The second-order valence-corrected chi connectivity index (χ2v) is 10.3. The minimum absolute atomic E-state index is 0.259. The lowest BCUT2D eigenvalue weighted by Gasteiger charge is -2.19. The zero-order valence-electron chi connectivity index (χ0n) is 20.1. The third-order valence-corrected chi connectivity index (χ3v) is 7.58. The number of amides is 1. The molecule has 2 aromatic heterocycles. The number of hydrogen-bond donors (Lipinski definition) is 1. The molecule has 1 atom stereocenters. The smallest absolute Gasteiger partial charge is 0.341 e. The van der Waals surface area contributed by atoms with Crippen LogP contribution in [0, 0.1) is 0 Å². The summed E-state index contributed by atoms with van der Waals surface area (Å²) in [5, 5.41) is 5.33. The van der Waals surface area contributed by atoms with Gasteiger partial charge in [0.1, 0.15) is 35.1 Å². The number of thioether (sulfide) groups is 1. The van der Waals surface area contributed by atoms with E-state index in [0.29, 0.717) is 45.9 Å². The topological polar surface area (TPSA) is 99.6 Å². The predicted octanol–water partition coefficient (Wildman–Crippen LogP) is 5.55. The molecule has 2 aromatic carbocycles. The highest BCUT2D eigenvalue weighted by Crippen LogP contribution is 2.40. The van der Waals surface area contributed by atoms with Gasteiger partial charge in [-0.25, -0.2) is 14.8 Å². The van der Waals surface area contributed by atoms with Crippen molar-refractivity contribution in [2.45, 2.75) is 17.2 Å². The molecular formula is C27H23N3O5S2. The number of carbonyl (C=O) groups excluding carboxylic acids is 2. The fourth-order valence-electron chi connectivity index (χ4n) is 3.80. The van der Waals surface area contributed by atoms with E-state index in [1.807, 2.05) is 60.0 Å². The Morgan fingerprint density at radius 2 is 1.81 bits per heavy atom. The first-order valence-corrected chi connectivity index (χ1v) is 13.2. The monoisotopic (exact) mass is 533 g/mol. The van der Waals surface area contributed by atoms with Crippen LogP contribution in [-0.4, -0.2) is 47.4 Å². The second kappa shape index (κ2) is 11.0. The molecule has 1 aliphatic heterocycles. The number of benzene rings is 2. The highest BCUT2D eigenvalue weighted by molar-refractivity contribution is 8.00. The number of ether oxygens (including phenoxy) is 3. The molecule has 0 saturated carbocycles. The fraction of sp³-hybridized carbons (Fsp3) is 0.185. The molecule has 0 aliphatic carbocycles. The van der Waals surface area contributed by atoms with E-state index in [4.69, 9.17) is 14.2 Å². The fourth-order valence-corrected chi connectivity index (χ4v) is 5.57. The average molecular weight is 534 g/mol. The maximum Gasteiger partial charge on any atom is 0.341 e. The highest BCUT2D eigenvalue weighted by atomic mass is 32.2. The van der Waals surface area contributed by atoms with E-state index in [2.05, 4.69) is 15.3 Å². The molecule has 3 heterocycles. The summed E-state index contributed by atoms with van der Waals surface area (Å²) >= 11 is 2.58. The van der Waals surface area contributed by atoms with E-state index in [-0.39, 0.29) is 5.91 Å². The van der Waals surface area contributed by atoms with Gasteiger partial charge in [0.15, 0.2) is 11.5 Å². The van der Waals surface area contributed by atoms with Gasteiger partial charge in [0.2, 0.25) is 5.91 Å². The Kier molecular flexibility index (Phi) is 7.38. The number of nitrogens with one attached hydrogen (secondary N) is 1. The van der Waals surface area contributed by atoms with Crippen LogP contribution in [0.4, 0.5) is 5.00 Å². The molecule has 5 rings (SSSR count). The quantitative estimate of drug-likeness (QED) is 0.188. The highest BCUT2D eigenvalue weighted by Gasteiger charge is 2.25. The molecule has 1 aliphatic rings. The molecule has 10 heteroatoms. The molecule has 0 saturated heterocycles. The van der Waals surface area contributed by atoms with Crippen LogP contribution >= 0.6 is 23.1 Å². The Morgan fingerprint density at radius 1 is 1.03 bits per heavy atom. The van der Waals surface area contributed by atoms with Gasteiger partial charge in [-0.15, -0.1) is 11.3 Å². The van der Waals surface area contributed by atoms with Crippen molar-refractivity contribution in [3.63, 3.8) is 0 Å². The number of esters is 1. The minimum Gasteiger partial charge on any atom is -0.486 e. The summed E-state index contributed by atoms with van der Waals surface area (Å²) < 4.78 is 16.3.